The Hall–Kier alpha value is -3.64. The Morgan fingerprint density at radius 1 is 0.907 bits per heavy atom. The number of carbonyl (C=O) groups is 1. The molecule has 2 saturated heterocycles. The van der Waals surface area contributed by atoms with Gasteiger partial charge in [0.1, 0.15) is 11.4 Å². The van der Waals surface area contributed by atoms with Crippen LogP contribution in [0, 0.1) is 5.92 Å². The summed E-state index contributed by atoms with van der Waals surface area (Å²) < 4.78 is 39.3. The Morgan fingerprint density at radius 2 is 1.65 bits per heavy atom. The van der Waals surface area contributed by atoms with Crippen LogP contribution in [0.15, 0.2) is 55.1 Å². The van der Waals surface area contributed by atoms with E-state index in [1.165, 1.54) is 6.20 Å². The normalized spacial score (nSPS) is 25.2. The smallest absolute Gasteiger partial charge is 0.384 e. The highest BCUT2D eigenvalue weighted by Gasteiger charge is 2.39. The summed E-state index contributed by atoms with van der Waals surface area (Å²) in [7, 11) is 0. The second-order valence-corrected chi connectivity index (χ2v) is 11.9. The first-order chi connectivity index (χ1) is 20.7. The van der Waals surface area contributed by atoms with Gasteiger partial charge in [0.2, 0.25) is 5.91 Å². The second-order valence-electron chi connectivity index (χ2n) is 11.9. The first kappa shape index (κ1) is 29.4. The molecule has 43 heavy (non-hydrogen) atoms. The number of amides is 1. The first-order valence-corrected chi connectivity index (χ1v) is 15.0. The van der Waals surface area contributed by atoms with Crippen molar-refractivity contribution in [3.8, 4) is 11.4 Å². The summed E-state index contributed by atoms with van der Waals surface area (Å²) >= 11 is 0. The number of nitrogens with zero attached hydrogens (tertiary/aromatic N) is 6. The van der Waals surface area contributed by atoms with E-state index in [-0.39, 0.29) is 23.9 Å². The van der Waals surface area contributed by atoms with E-state index in [4.69, 9.17) is 0 Å². The third kappa shape index (κ3) is 6.65. The first-order valence-electron chi connectivity index (χ1n) is 15.0. The van der Waals surface area contributed by atoms with E-state index < -0.39 is 17.3 Å². The molecule has 9 nitrogen and oxygen atoms in total. The number of aliphatic hydroxyl groups is 1. The molecule has 0 radical (unpaired) electrons. The predicted octanol–water partition coefficient (Wildman–Crippen LogP) is 4.19. The zero-order valence-electron chi connectivity index (χ0n) is 23.9. The molecule has 5 heterocycles. The van der Waals surface area contributed by atoms with Crippen LogP contribution in [0.25, 0.3) is 11.4 Å². The molecule has 3 aromatic rings. The molecular weight excluding hydrogens is 559 g/mol. The third-order valence-electron chi connectivity index (χ3n) is 9.09. The molecule has 3 fully saturated rings. The highest BCUT2D eigenvalue weighted by atomic mass is 19.4. The van der Waals surface area contributed by atoms with Crippen molar-refractivity contribution in [2.24, 2.45) is 5.92 Å². The number of hydrogen-bond donors (Lipinski definition) is 2. The van der Waals surface area contributed by atoms with E-state index in [1.54, 1.807) is 24.7 Å². The average Bonchev–Trinajstić information content (AvgIpc) is 3.51. The van der Waals surface area contributed by atoms with Crippen molar-refractivity contribution in [2.75, 3.05) is 31.1 Å². The van der Waals surface area contributed by atoms with E-state index in [0.717, 1.165) is 37.0 Å². The predicted molar refractivity (Wildman–Crippen MR) is 154 cm³/mol. The quantitative estimate of drug-likeness (QED) is 0.437. The van der Waals surface area contributed by atoms with E-state index >= 15 is 0 Å². The van der Waals surface area contributed by atoms with E-state index in [1.807, 2.05) is 21.9 Å². The summed E-state index contributed by atoms with van der Waals surface area (Å²) in [5.74, 6) is 0.913. The maximum absolute atomic E-state index is 13.3. The van der Waals surface area contributed by atoms with E-state index in [2.05, 4.69) is 25.3 Å². The van der Waals surface area contributed by atoms with Crippen LogP contribution in [0.1, 0.15) is 56.2 Å². The van der Waals surface area contributed by atoms with Gasteiger partial charge in [-0.2, -0.15) is 13.2 Å². The number of pyridine rings is 2. The molecule has 1 saturated carbocycles. The number of hydrogen-bond acceptors (Lipinski definition) is 8. The van der Waals surface area contributed by atoms with Crippen LogP contribution in [0.5, 0.6) is 0 Å². The van der Waals surface area contributed by atoms with Crippen LogP contribution in [-0.2, 0) is 16.6 Å². The Balaban J connectivity index is 0.955. The van der Waals surface area contributed by atoms with Crippen LogP contribution in [-0.4, -0.2) is 74.1 Å². The van der Waals surface area contributed by atoms with Crippen molar-refractivity contribution in [3.63, 3.8) is 0 Å². The maximum atomic E-state index is 13.3. The summed E-state index contributed by atoms with van der Waals surface area (Å²) in [6.45, 7) is 2.36. The van der Waals surface area contributed by atoms with Gasteiger partial charge in [0.05, 0.1) is 11.3 Å². The van der Waals surface area contributed by atoms with Crippen LogP contribution >= 0.6 is 0 Å². The fourth-order valence-electron chi connectivity index (χ4n) is 6.58. The number of carbonyl (C=O) groups excluding carboxylic acids is 1. The Morgan fingerprint density at radius 3 is 2.33 bits per heavy atom. The van der Waals surface area contributed by atoms with Crippen LogP contribution < -0.4 is 10.2 Å². The van der Waals surface area contributed by atoms with Gasteiger partial charge in [-0.15, -0.1) is 0 Å². The van der Waals surface area contributed by atoms with E-state index in [0.29, 0.717) is 69.2 Å². The van der Waals surface area contributed by atoms with Gasteiger partial charge in [-0.3, -0.25) is 9.78 Å². The van der Waals surface area contributed by atoms with Crippen LogP contribution in [0.2, 0.25) is 0 Å². The molecule has 0 aromatic carbocycles. The number of alkyl halides is 3. The topological polar surface area (TPSA) is 107 Å². The minimum absolute atomic E-state index is 0.127. The number of anilines is 1. The Labute approximate surface area is 248 Å². The van der Waals surface area contributed by atoms with Gasteiger partial charge < -0.3 is 20.2 Å². The monoisotopic (exact) mass is 595 g/mol. The number of aromatic nitrogens is 4. The lowest BCUT2D eigenvalue weighted by molar-refractivity contribution is -0.137. The molecule has 1 unspecified atom stereocenters. The van der Waals surface area contributed by atoms with Gasteiger partial charge in [-0.1, -0.05) is 0 Å². The molecule has 1 aliphatic carbocycles. The Bertz CT molecular complexity index is 1390. The van der Waals surface area contributed by atoms with Gasteiger partial charge in [-0.25, -0.2) is 15.0 Å². The number of rotatable bonds is 6. The third-order valence-corrected chi connectivity index (χ3v) is 9.09. The van der Waals surface area contributed by atoms with Gasteiger partial charge in [-0.05, 0) is 75.3 Å². The summed E-state index contributed by atoms with van der Waals surface area (Å²) in [5.41, 5.74) is -0.205. The lowest BCUT2D eigenvalue weighted by Gasteiger charge is -2.37. The lowest BCUT2D eigenvalue weighted by Crippen LogP contribution is -2.46. The molecule has 3 aromatic heterocycles. The minimum atomic E-state index is -4.41. The standard InChI is InChI=1S/C31H36F3N7O2/c32-31(33,34)23-6-14-35-27(18-23)40-15-7-21(8-16-40)29(42)41-17-9-25(20-41)39-24-4-10-30(43,11-5-24)26-3-2-22(19-38-26)28-36-12-1-13-37-28/h1-3,6,12-14,18-19,21,24-25,39,43H,4-5,7-11,15-17,20H2. The molecule has 1 atom stereocenters. The fourth-order valence-corrected chi connectivity index (χ4v) is 6.58. The summed E-state index contributed by atoms with van der Waals surface area (Å²) in [4.78, 5) is 34.2. The van der Waals surface area contributed by atoms with Gasteiger partial charge >= 0.3 is 6.18 Å². The molecule has 0 bridgehead atoms. The molecule has 12 heteroatoms. The van der Waals surface area contributed by atoms with Gasteiger partial charge in [0.25, 0.3) is 0 Å². The largest absolute Gasteiger partial charge is 0.416 e. The van der Waals surface area contributed by atoms with Crippen LogP contribution in [0.4, 0.5) is 19.0 Å². The molecule has 228 valence electrons. The van der Waals surface area contributed by atoms with Gasteiger partial charge in [0, 0.05) is 74.5 Å². The van der Waals surface area contributed by atoms with Gasteiger partial charge in [0.15, 0.2) is 5.82 Å². The molecule has 1 amide bonds. The zero-order chi connectivity index (χ0) is 30.0. The highest BCUT2D eigenvalue weighted by Crippen LogP contribution is 2.37. The number of nitrogens with one attached hydrogen (secondary N) is 1. The second kappa shape index (κ2) is 12.2. The van der Waals surface area contributed by atoms with Crippen molar-refractivity contribution in [1.82, 2.24) is 30.2 Å². The van der Waals surface area contributed by atoms with E-state index in [9.17, 15) is 23.1 Å². The molecule has 2 N–H and O–H groups in total. The van der Waals surface area contributed by atoms with Crippen molar-refractivity contribution >= 4 is 11.7 Å². The van der Waals surface area contributed by atoms with Crippen molar-refractivity contribution in [2.45, 2.75) is 68.8 Å². The number of piperidine rings is 1. The van der Waals surface area contributed by atoms with Crippen molar-refractivity contribution in [1.29, 1.82) is 0 Å². The lowest BCUT2D eigenvalue weighted by atomic mass is 9.79. The average molecular weight is 596 g/mol. The maximum Gasteiger partial charge on any atom is 0.416 e. The number of halogens is 3. The van der Waals surface area contributed by atoms with Crippen molar-refractivity contribution < 1.29 is 23.1 Å². The fraction of sp³-hybridized carbons (Fsp3) is 0.516. The summed E-state index contributed by atoms with van der Waals surface area (Å²) in [5, 5.41) is 15.1. The summed E-state index contributed by atoms with van der Waals surface area (Å²) in [6.07, 6.45) is 6.78. The highest BCUT2D eigenvalue weighted by molar-refractivity contribution is 5.79. The number of likely N-dealkylation sites (tertiary alicyclic amines) is 1. The summed E-state index contributed by atoms with van der Waals surface area (Å²) in [6, 6.07) is 8.05. The molecular formula is C31H36F3N7O2. The minimum Gasteiger partial charge on any atom is -0.384 e. The van der Waals surface area contributed by atoms with Crippen LogP contribution in [0.3, 0.4) is 0 Å². The SMILES string of the molecule is O=C(C1CCN(c2cc(C(F)(F)F)ccn2)CC1)N1CCC(NC2CCC(O)(c3ccc(-c4ncccn4)cn3)CC2)C1. The molecule has 2 aliphatic heterocycles. The molecule has 6 rings (SSSR count). The van der Waals surface area contributed by atoms with Crippen molar-refractivity contribution in [3.05, 3.63) is 66.4 Å². The zero-order valence-corrected chi connectivity index (χ0v) is 23.9. The molecule has 0 spiro atoms. The Kier molecular flexibility index (Phi) is 8.32. The molecule has 3 aliphatic rings.